The van der Waals surface area contributed by atoms with Gasteiger partial charge in [0.25, 0.3) is 0 Å². The van der Waals surface area contributed by atoms with E-state index in [1.54, 1.807) is 0 Å². The Morgan fingerprint density at radius 1 is 0.410 bits per heavy atom. The SMILES string of the molecule is c1ccc(-c2cc(-c3ccccc3)nc(-c3ccc(-c4cccc5nc(-c6ccccc6)oc45)cc3)n2)cc1. The van der Waals surface area contributed by atoms with Crippen LogP contribution in [0.15, 0.2) is 144 Å². The molecule has 0 bridgehead atoms. The molecule has 0 saturated carbocycles. The van der Waals surface area contributed by atoms with Crippen molar-refractivity contribution in [1.29, 1.82) is 0 Å². The predicted molar refractivity (Wildman–Crippen MR) is 157 cm³/mol. The minimum atomic E-state index is 0.620. The Hall–Kier alpha value is -5.35. The number of aromatic nitrogens is 3. The molecule has 0 N–H and O–H groups in total. The Labute approximate surface area is 226 Å². The fourth-order valence-electron chi connectivity index (χ4n) is 4.77. The molecule has 5 aromatic carbocycles. The first-order chi connectivity index (χ1) is 19.3. The van der Waals surface area contributed by atoms with Gasteiger partial charge in [0.1, 0.15) is 5.52 Å². The highest BCUT2D eigenvalue weighted by Gasteiger charge is 2.14. The molecule has 0 aliphatic carbocycles. The van der Waals surface area contributed by atoms with Crippen LogP contribution < -0.4 is 0 Å². The smallest absolute Gasteiger partial charge is 0.227 e. The molecular formula is C35H23N3O. The van der Waals surface area contributed by atoms with Crippen molar-refractivity contribution in [3.63, 3.8) is 0 Å². The van der Waals surface area contributed by atoms with Crippen molar-refractivity contribution in [2.24, 2.45) is 0 Å². The van der Waals surface area contributed by atoms with Gasteiger partial charge >= 0.3 is 0 Å². The van der Waals surface area contributed by atoms with Crippen molar-refractivity contribution in [3.05, 3.63) is 140 Å². The van der Waals surface area contributed by atoms with Crippen LogP contribution in [-0.2, 0) is 0 Å². The van der Waals surface area contributed by atoms with E-state index in [1.165, 1.54) is 0 Å². The summed E-state index contributed by atoms with van der Waals surface area (Å²) in [6.45, 7) is 0. The molecule has 7 rings (SSSR count). The van der Waals surface area contributed by atoms with E-state index in [2.05, 4.69) is 60.7 Å². The molecule has 0 fully saturated rings. The lowest BCUT2D eigenvalue weighted by Crippen LogP contribution is -1.95. The Bertz CT molecular complexity index is 1820. The second-order valence-corrected chi connectivity index (χ2v) is 9.31. The minimum absolute atomic E-state index is 0.620. The Morgan fingerprint density at radius 3 is 1.54 bits per heavy atom. The maximum Gasteiger partial charge on any atom is 0.227 e. The van der Waals surface area contributed by atoms with Gasteiger partial charge in [0.15, 0.2) is 11.4 Å². The van der Waals surface area contributed by atoms with Crippen molar-refractivity contribution in [3.8, 4) is 56.5 Å². The zero-order valence-electron chi connectivity index (χ0n) is 21.0. The second-order valence-electron chi connectivity index (χ2n) is 9.31. The highest BCUT2D eigenvalue weighted by atomic mass is 16.3. The zero-order chi connectivity index (χ0) is 26.0. The molecule has 0 unspecified atom stereocenters. The lowest BCUT2D eigenvalue weighted by Gasteiger charge is -2.10. The summed E-state index contributed by atoms with van der Waals surface area (Å²) in [4.78, 5) is 14.6. The number of oxazole rings is 1. The van der Waals surface area contributed by atoms with Crippen molar-refractivity contribution in [1.82, 2.24) is 15.0 Å². The van der Waals surface area contributed by atoms with Crippen molar-refractivity contribution < 1.29 is 4.42 Å². The number of nitrogens with zero attached hydrogens (tertiary/aromatic N) is 3. The van der Waals surface area contributed by atoms with Gasteiger partial charge in [0.2, 0.25) is 5.89 Å². The van der Waals surface area contributed by atoms with Crippen LogP contribution in [0.25, 0.3) is 67.6 Å². The lowest BCUT2D eigenvalue weighted by molar-refractivity contribution is 0.621. The quantitative estimate of drug-likeness (QED) is 0.236. The Kier molecular flexibility index (Phi) is 5.76. The van der Waals surface area contributed by atoms with Crippen LogP contribution in [0.2, 0.25) is 0 Å². The average Bonchev–Trinajstić information content (AvgIpc) is 3.47. The summed E-state index contributed by atoms with van der Waals surface area (Å²) in [7, 11) is 0. The summed E-state index contributed by atoms with van der Waals surface area (Å²) in [5, 5.41) is 0. The van der Waals surface area contributed by atoms with Crippen molar-refractivity contribution in [2.75, 3.05) is 0 Å². The molecule has 0 saturated heterocycles. The molecule has 0 atom stereocenters. The van der Waals surface area contributed by atoms with Crippen LogP contribution >= 0.6 is 0 Å². The molecule has 184 valence electrons. The van der Waals surface area contributed by atoms with E-state index in [-0.39, 0.29) is 0 Å². The Balaban J connectivity index is 1.29. The summed E-state index contributed by atoms with van der Waals surface area (Å²) in [5.41, 5.74) is 9.46. The van der Waals surface area contributed by atoms with Gasteiger partial charge in [-0.3, -0.25) is 0 Å². The maximum absolute atomic E-state index is 6.25. The number of benzene rings is 5. The van der Waals surface area contributed by atoms with Crippen LogP contribution in [0.5, 0.6) is 0 Å². The average molecular weight is 502 g/mol. The van der Waals surface area contributed by atoms with E-state index in [4.69, 9.17) is 19.4 Å². The van der Waals surface area contributed by atoms with Gasteiger partial charge in [0, 0.05) is 27.8 Å². The molecule has 0 radical (unpaired) electrons. The third-order valence-corrected chi connectivity index (χ3v) is 6.76. The van der Waals surface area contributed by atoms with E-state index in [1.807, 2.05) is 78.9 Å². The van der Waals surface area contributed by atoms with Crippen LogP contribution in [0, 0.1) is 0 Å². The van der Waals surface area contributed by atoms with Gasteiger partial charge < -0.3 is 4.42 Å². The fraction of sp³-hybridized carbons (Fsp3) is 0. The molecule has 4 nitrogen and oxygen atoms in total. The summed E-state index contributed by atoms with van der Waals surface area (Å²) >= 11 is 0. The number of hydrogen-bond donors (Lipinski definition) is 0. The molecule has 2 heterocycles. The zero-order valence-corrected chi connectivity index (χ0v) is 21.0. The Morgan fingerprint density at radius 2 is 0.949 bits per heavy atom. The molecular weight excluding hydrogens is 478 g/mol. The van der Waals surface area contributed by atoms with E-state index in [0.29, 0.717) is 11.7 Å². The first-order valence-electron chi connectivity index (χ1n) is 12.9. The first kappa shape index (κ1) is 22.8. The van der Waals surface area contributed by atoms with E-state index in [9.17, 15) is 0 Å². The molecule has 0 aliphatic heterocycles. The van der Waals surface area contributed by atoms with Crippen LogP contribution in [-0.4, -0.2) is 15.0 Å². The van der Waals surface area contributed by atoms with Gasteiger partial charge in [-0.1, -0.05) is 115 Å². The molecule has 39 heavy (non-hydrogen) atoms. The minimum Gasteiger partial charge on any atom is -0.435 e. The molecule has 4 heteroatoms. The van der Waals surface area contributed by atoms with Crippen molar-refractivity contribution >= 4 is 11.1 Å². The van der Waals surface area contributed by atoms with Crippen LogP contribution in [0.1, 0.15) is 0 Å². The third kappa shape index (κ3) is 4.49. The highest BCUT2D eigenvalue weighted by molar-refractivity contribution is 5.92. The van der Waals surface area contributed by atoms with Gasteiger partial charge in [0.05, 0.1) is 11.4 Å². The number of rotatable bonds is 5. The standard InChI is InChI=1S/C35H23N3O/c1-4-11-25(12-5-1)31-23-32(26-13-6-2-7-14-26)37-34(36-31)27-21-19-24(20-22-27)29-17-10-18-30-33(29)39-35(38-30)28-15-8-3-9-16-28/h1-23H. The molecule has 0 amide bonds. The van der Waals surface area contributed by atoms with E-state index < -0.39 is 0 Å². The summed E-state index contributed by atoms with van der Waals surface area (Å²) in [6.07, 6.45) is 0. The normalized spacial score (nSPS) is 11.1. The van der Waals surface area contributed by atoms with Crippen molar-refractivity contribution in [2.45, 2.75) is 0 Å². The molecule has 7 aromatic rings. The molecule has 0 aliphatic rings. The van der Waals surface area contributed by atoms with E-state index in [0.717, 1.165) is 55.9 Å². The number of para-hydroxylation sites is 1. The first-order valence-corrected chi connectivity index (χ1v) is 12.9. The number of fused-ring (bicyclic) bond motifs is 1. The molecule has 2 aromatic heterocycles. The second kappa shape index (κ2) is 9.84. The topological polar surface area (TPSA) is 51.8 Å². The maximum atomic E-state index is 6.25. The lowest BCUT2D eigenvalue weighted by atomic mass is 10.0. The van der Waals surface area contributed by atoms with Crippen LogP contribution in [0.4, 0.5) is 0 Å². The fourth-order valence-corrected chi connectivity index (χ4v) is 4.77. The monoisotopic (exact) mass is 501 g/mol. The predicted octanol–water partition coefficient (Wildman–Crippen LogP) is 8.95. The van der Waals surface area contributed by atoms with Gasteiger partial charge in [-0.05, 0) is 29.8 Å². The van der Waals surface area contributed by atoms with Crippen LogP contribution in [0.3, 0.4) is 0 Å². The van der Waals surface area contributed by atoms with Gasteiger partial charge in [-0.15, -0.1) is 0 Å². The highest BCUT2D eigenvalue weighted by Crippen LogP contribution is 2.34. The number of hydrogen-bond acceptors (Lipinski definition) is 4. The largest absolute Gasteiger partial charge is 0.435 e. The third-order valence-electron chi connectivity index (χ3n) is 6.76. The summed E-state index contributed by atoms with van der Waals surface area (Å²) in [5.74, 6) is 1.31. The summed E-state index contributed by atoms with van der Waals surface area (Å²) < 4.78 is 6.25. The summed E-state index contributed by atoms with van der Waals surface area (Å²) in [6, 6.07) is 46.9. The van der Waals surface area contributed by atoms with Gasteiger partial charge in [-0.2, -0.15) is 0 Å². The molecule has 0 spiro atoms. The van der Waals surface area contributed by atoms with E-state index >= 15 is 0 Å². The van der Waals surface area contributed by atoms with Gasteiger partial charge in [-0.25, -0.2) is 15.0 Å².